The minimum absolute atomic E-state index is 0.237. The number of H-pyrrole nitrogens is 1. The maximum Gasteiger partial charge on any atom is 0.291 e. The van der Waals surface area contributed by atoms with E-state index >= 15 is 0 Å². The Morgan fingerprint density at radius 2 is 2.03 bits per heavy atom. The van der Waals surface area contributed by atoms with Crippen molar-refractivity contribution in [1.82, 2.24) is 15.3 Å². The molecule has 0 saturated carbocycles. The molecule has 0 atom stereocenters. The van der Waals surface area contributed by atoms with Crippen molar-refractivity contribution in [3.05, 3.63) is 60.6 Å². The number of benzene rings is 1. The predicted molar refractivity (Wildman–Crippen MR) is 120 cm³/mol. The van der Waals surface area contributed by atoms with E-state index in [0.29, 0.717) is 11.4 Å². The summed E-state index contributed by atoms with van der Waals surface area (Å²) < 4.78 is 11.1. The number of pyridine rings is 1. The standard InChI is InChI=1S/C23H23N5O3/c1-30-16-2-3-17-15(12-16)13-18(26-17)21-4-5-22(31-21)23(29)27-19-14-25-7-6-20(19)28-10-8-24-9-11-28/h2-7,12-14,24,26H,8-11H2,1H3,(H,27,29). The molecule has 1 saturated heterocycles. The van der Waals surface area contributed by atoms with Crippen molar-refractivity contribution in [1.29, 1.82) is 0 Å². The van der Waals surface area contributed by atoms with Crippen molar-refractivity contribution in [3.63, 3.8) is 0 Å². The van der Waals surface area contributed by atoms with Crippen LogP contribution in [-0.4, -0.2) is 49.2 Å². The SMILES string of the molecule is COc1ccc2[nH]c(-c3ccc(C(=O)Nc4cnccc4N4CCNCC4)o3)cc2c1. The first kappa shape index (κ1) is 19.2. The van der Waals surface area contributed by atoms with E-state index in [1.807, 2.05) is 30.3 Å². The zero-order valence-corrected chi connectivity index (χ0v) is 17.1. The summed E-state index contributed by atoms with van der Waals surface area (Å²) in [6, 6.07) is 13.2. The molecule has 1 aromatic carbocycles. The minimum Gasteiger partial charge on any atom is -0.497 e. The van der Waals surface area contributed by atoms with Crippen molar-refractivity contribution >= 4 is 28.2 Å². The molecule has 3 N–H and O–H groups in total. The summed E-state index contributed by atoms with van der Waals surface area (Å²) in [5.41, 5.74) is 3.39. The second-order valence-electron chi connectivity index (χ2n) is 7.38. The van der Waals surface area contributed by atoms with Gasteiger partial charge in [-0.2, -0.15) is 0 Å². The van der Waals surface area contributed by atoms with Crippen molar-refractivity contribution in [2.45, 2.75) is 0 Å². The van der Waals surface area contributed by atoms with Gasteiger partial charge in [-0.1, -0.05) is 0 Å². The number of hydrogen-bond donors (Lipinski definition) is 3. The number of carbonyl (C=O) groups excluding carboxylic acids is 1. The maximum absolute atomic E-state index is 12.9. The van der Waals surface area contributed by atoms with Crippen LogP contribution in [0.15, 0.2) is 59.3 Å². The Morgan fingerprint density at radius 3 is 2.87 bits per heavy atom. The summed E-state index contributed by atoms with van der Waals surface area (Å²) in [6.45, 7) is 3.58. The number of ether oxygens (including phenoxy) is 1. The maximum atomic E-state index is 12.9. The molecule has 4 heterocycles. The molecular weight excluding hydrogens is 394 g/mol. The van der Waals surface area contributed by atoms with Gasteiger partial charge in [-0.25, -0.2) is 0 Å². The summed E-state index contributed by atoms with van der Waals surface area (Å²) in [5.74, 6) is 1.30. The Balaban J connectivity index is 1.36. The molecule has 31 heavy (non-hydrogen) atoms. The fraction of sp³-hybridized carbons (Fsp3) is 0.217. The third-order valence-corrected chi connectivity index (χ3v) is 5.43. The van der Waals surface area contributed by atoms with Crippen LogP contribution >= 0.6 is 0 Å². The molecule has 0 unspecified atom stereocenters. The quantitative estimate of drug-likeness (QED) is 0.460. The van der Waals surface area contributed by atoms with E-state index < -0.39 is 0 Å². The van der Waals surface area contributed by atoms with Crippen molar-refractivity contribution in [2.75, 3.05) is 43.5 Å². The highest BCUT2D eigenvalue weighted by Crippen LogP contribution is 2.29. The average molecular weight is 417 g/mol. The summed E-state index contributed by atoms with van der Waals surface area (Å²) in [6.07, 6.45) is 3.41. The number of carbonyl (C=O) groups is 1. The Bertz CT molecular complexity index is 1220. The van der Waals surface area contributed by atoms with Gasteiger partial charge in [-0.3, -0.25) is 9.78 Å². The first-order chi connectivity index (χ1) is 15.2. The lowest BCUT2D eigenvalue weighted by Crippen LogP contribution is -2.43. The first-order valence-electron chi connectivity index (χ1n) is 10.2. The van der Waals surface area contributed by atoms with Gasteiger partial charge in [0.25, 0.3) is 5.91 Å². The van der Waals surface area contributed by atoms with E-state index in [-0.39, 0.29) is 11.7 Å². The molecule has 3 aromatic heterocycles. The number of amides is 1. The topological polar surface area (TPSA) is 95.4 Å². The molecule has 1 fully saturated rings. The summed E-state index contributed by atoms with van der Waals surface area (Å²) in [7, 11) is 1.64. The lowest BCUT2D eigenvalue weighted by Gasteiger charge is -2.30. The van der Waals surface area contributed by atoms with Gasteiger partial charge in [0, 0.05) is 43.3 Å². The Morgan fingerprint density at radius 1 is 1.16 bits per heavy atom. The van der Waals surface area contributed by atoms with E-state index in [1.54, 1.807) is 31.6 Å². The highest BCUT2D eigenvalue weighted by molar-refractivity contribution is 6.04. The molecule has 158 valence electrons. The summed E-state index contributed by atoms with van der Waals surface area (Å²) in [5, 5.41) is 7.29. The number of aromatic nitrogens is 2. The lowest BCUT2D eigenvalue weighted by atomic mass is 10.2. The van der Waals surface area contributed by atoms with Crippen LogP contribution in [0.2, 0.25) is 0 Å². The number of anilines is 2. The molecule has 1 amide bonds. The van der Waals surface area contributed by atoms with Gasteiger partial charge in [0.2, 0.25) is 0 Å². The van der Waals surface area contributed by atoms with E-state index in [1.165, 1.54) is 0 Å². The molecule has 8 heteroatoms. The van der Waals surface area contributed by atoms with Crippen LogP contribution in [0.25, 0.3) is 22.4 Å². The zero-order chi connectivity index (χ0) is 21.2. The van der Waals surface area contributed by atoms with Gasteiger partial charge in [-0.05, 0) is 42.5 Å². The number of nitrogens with one attached hydrogen (secondary N) is 3. The highest BCUT2D eigenvalue weighted by atomic mass is 16.5. The minimum atomic E-state index is -0.312. The summed E-state index contributed by atoms with van der Waals surface area (Å²) >= 11 is 0. The van der Waals surface area contributed by atoms with Crippen LogP contribution in [-0.2, 0) is 0 Å². The van der Waals surface area contributed by atoms with Crippen molar-refractivity contribution in [3.8, 4) is 17.2 Å². The molecule has 8 nitrogen and oxygen atoms in total. The monoisotopic (exact) mass is 417 g/mol. The molecule has 1 aliphatic heterocycles. The van der Waals surface area contributed by atoms with Gasteiger partial charge in [0.15, 0.2) is 11.5 Å². The molecule has 0 spiro atoms. The van der Waals surface area contributed by atoms with Gasteiger partial charge >= 0.3 is 0 Å². The number of piperazine rings is 1. The van der Waals surface area contributed by atoms with Crippen LogP contribution in [0.4, 0.5) is 11.4 Å². The molecule has 4 aromatic rings. The van der Waals surface area contributed by atoms with E-state index in [4.69, 9.17) is 9.15 Å². The predicted octanol–water partition coefficient (Wildman–Crippen LogP) is 3.49. The molecule has 0 radical (unpaired) electrons. The van der Waals surface area contributed by atoms with E-state index in [2.05, 4.69) is 25.5 Å². The number of fused-ring (bicyclic) bond motifs is 1. The molecule has 0 aliphatic carbocycles. The number of rotatable bonds is 5. The number of furan rings is 1. The number of nitrogens with zero attached hydrogens (tertiary/aromatic N) is 2. The first-order valence-corrected chi connectivity index (χ1v) is 10.2. The zero-order valence-electron chi connectivity index (χ0n) is 17.1. The highest BCUT2D eigenvalue weighted by Gasteiger charge is 2.18. The molecule has 5 rings (SSSR count). The van der Waals surface area contributed by atoms with E-state index in [0.717, 1.165) is 54.2 Å². The van der Waals surface area contributed by atoms with Gasteiger partial charge < -0.3 is 29.7 Å². The lowest BCUT2D eigenvalue weighted by molar-refractivity contribution is 0.0997. The van der Waals surface area contributed by atoms with Gasteiger partial charge in [0.1, 0.15) is 5.75 Å². The van der Waals surface area contributed by atoms with Crippen LogP contribution in [0.5, 0.6) is 5.75 Å². The van der Waals surface area contributed by atoms with E-state index in [9.17, 15) is 4.79 Å². The smallest absolute Gasteiger partial charge is 0.291 e. The molecular formula is C23H23N5O3. The Hall–Kier alpha value is -3.78. The molecule has 1 aliphatic rings. The Kier molecular flexibility index (Phi) is 5.05. The third-order valence-electron chi connectivity index (χ3n) is 5.43. The number of aromatic amines is 1. The van der Waals surface area contributed by atoms with Gasteiger partial charge in [0.05, 0.1) is 30.4 Å². The van der Waals surface area contributed by atoms with Crippen LogP contribution in [0.3, 0.4) is 0 Å². The Labute approximate surface area is 179 Å². The number of hydrogen-bond acceptors (Lipinski definition) is 6. The summed E-state index contributed by atoms with van der Waals surface area (Å²) in [4.78, 5) is 22.6. The second-order valence-corrected chi connectivity index (χ2v) is 7.38. The fourth-order valence-electron chi connectivity index (χ4n) is 3.82. The van der Waals surface area contributed by atoms with Gasteiger partial charge in [-0.15, -0.1) is 0 Å². The normalized spacial score (nSPS) is 14.0. The fourth-order valence-corrected chi connectivity index (χ4v) is 3.82. The second kappa shape index (κ2) is 8.16. The molecule has 0 bridgehead atoms. The largest absolute Gasteiger partial charge is 0.497 e. The average Bonchev–Trinajstić information content (AvgIpc) is 3.47. The van der Waals surface area contributed by atoms with Crippen LogP contribution in [0.1, 0.15) is 10.6 Å². The van der Waals surface area contributed by atoms with Crippen molar-refractivity contribution in [2.24, 2.45) is 0 Å². The van der Waals surface area contributed by atoms with Crippen LogP contribution < -0.4 is 20.3 Å². The van der Waals surface area contributed by atoms with Crippen molar-refractivity contribution < 1.29 is 13.9 Å². The third kappa shape index (κ3) is 3.85. The van der Waals surface area contributed by atoms with Crippen LogP contribution in [0, 0.1) is 0 Å². The number of methoxy groups -OCH3 is 1.